The highest BCUT2D eigenvalue weighted by Gasteiger charge is 2.07. The second-order valence-corrected chi connectivity index (χ2v) is 6.97. The standard InChI is InChI=1S/C24H28N2O5/c1-18-16-20-4-2-3-5-21(20)26(18)11-10-25-24(29)9-7-19-6-8-22(30-14-12-27)23(17-19)31-15-13-28/h2-9,16-17,27-28H,10-15H2,1H3,(H,25,29)/b9-7+. The Labute approximate surface area is 181 Å². The summed E-state index contributed by atoms with van der Waals surface area (Å²) in [6, 6.07) is 15.6. The van der Waals surface area contributed by atoms with Gasteiger partial charge < -0.3 is 29.6 Å². The number of benzene rings is 2. The quantitative estimate of drug-likeness (QED) is 0.412. The van der Waals surface area contributed by atoms with Crippen molar-refractivity contribution in [1.29, 1.82) is 0 Å². The number of hydrogen-bond donors (Lipinski definition) is 3. The second kappa shape index (κ2) is 11.2. The zero-order valence-electron chi connectivity index (χ0n) is 17.6. The lowest BCUT2D eigenvalue weighted by atomic mass is 10.2. The second-order valence-electron chi connectivity index (χ2n) is 6.97. The molecular formula is C24H28N2O5. The lowest BCUT2D eigenvalue weighted by Gasteiger charge is -2.12. The van der Waals surface area contributed by atoms with Crippen LogP contribution in [0.25, 0.3) is 17.0 Å². The minimum absolute atomic E-state index is 0.112. The first kappa shape index (κ1) is 22.4. The number of amides is 1. The molecule has 3 rings (SSSR count). The van der Waals surface area contributed by atoms with E-state index >= 15 is 0 Å². The number of rotatable bonds is 11. The van der Waals surface area contributed by atoms with E-state index in [4.69, 9.17) is 19.7 Å². The van der Waals surface area contributed by atoms with E-state index in [0.717, 1.165) is 16.8 Å². The smallest absolute Gasteiger partial charge is 0.244 e. The maximum atomic E-state index is 12.2. The average molecular weight is 424 g/mol. The third kappa shape index (κ3) is 6.10. The van der Waals surface area contributed by atoms with Crippen LogP contribution in [0.3, 0.4) is 0 Å². The van der Waals surface area contributed by atoms with Crippen molar-refractivity contribution in [2.75, 3.05) is 33.0 Å². The van der Waals surface area contributed by atoms with Crippen molar-refractivity contribution in [3.8, 4) is 11.5 Å². The number of para-hydroxylation sites is 1. The Kier molecular flexibility index (Phi) is 8.09. The first-order valence-corrected chi connectivity index (χ1v) is 10.2. The molecule has 7 nitrogen and oxygen atoms in total. The summed E-state index contributed by atoms with van der Waals surface area (Å²) in [5, 5.41) is 22.0. The fourth-order valence-corrected chi connectivity index (χ4v) is 3.34. The number of aromatic nitrogens is 1. The predicted octanol–water partition coefficient (Wildman–Crippen LogP) is 2.52. The molecular weight excluding hydrogens is 396 g/mol. The Morgan fingerprint density at radius 1 is 1.03 bits per heavy atom. The molecule has 1 heterocycles. The normalized spacial score (nSPS) is 11.2. The summed E-state index contributed by atoms with van der Waals surface area (Å²) in [4.78, 5) is 12.2. The van der Waals surface area contributed by atoms with Gasteiger partial charge >= 0.3 is 0 Å². The fraction of sp³-hybridized carbons (Fsp3) is 0.292. The molecule has 0 spiro atoms. The molecule has 31 heavy (non-hydrogen) atoms. The zero-order chi connectivity index (χ0) is 22.1. The Morgan fingerprint density at radius 3 is 2.55 bits per heavy atom. The van der Waals surface area contributed by atoms with Crippen LogP contribution in [0.15, 0.2) is 54.6 Å². The molecule has 1 amide bonds. The van der Waals surface area contributed by atoms with Gasteiger partial charge in [-0.3, -0.25) is 4.79 Å². The monoisotopic (exact) mass is 424 g/mol. The number of ether oxygens (including phenoxy) is 2. The SMILES string of the molecule is Cc1cc2ccccc2n1CCNC(=O)/C=C/c1ccc(OCCO)c(OCCO)c1. The van der Waals surface area contributed by atoms with Crippen LogP contribution in [-0.2, 0) is 11.3 Å². The van der Waals surface area contributed by atoms with Crippen LogP contribution in [0.5, 0.6) is 11.5 Å². The van der Waals surface area contributed by atoms with Gasteiger partial charge in [-0.2, -0.15) is 0 Å². The highest BCUT2D eigenvalue weighted by atomic mass is 16.5. The molecule has 0 bridgehead atoms. The maximum Gasteiger partial charge on any atom is 0.244 e. The summed E-state index contributed by atoms with van der Waals surface area (Å²) in [5.74, 6) is 0.728. The van der Waals surface area contributed by atoms with Crippen LogP contribution in [-0.4, -0.2) is 53.7 Å². The highest BCUT2D eigenvalue weighted by Crippen LogP contribution is 2.29. The maximum absolute atomic E-state index is 12.2. The van der Waals surface area contributed by atoms with Crippen LogP contribution in [0.1, 0.15) is 11.3 Å². The van der Waals surface area contributed by atoms with Crippen molar-refractivity contribution in [3.05, 3.63) is 65.9 Å². The molecule has 0 fully saturated rings. The molecule has 0 aliphatic rings. The largest absolute Gasteiger partial charge is 0.487 e. The topological polar surface area (TPSA) is 93.0 Å². The zero-order valence-corrected chi connectivity index (χ0v) is 17.6. The molecule has 3 N–H and O–H groups in total. The van der Waals surface area contributed by atoms with E-state index in [1.807, 2.05) is 12.1 Å². The molecule has 1 aromatic heterocycles. The van der Waals surface area contributed by atoms with Gasteiger partial charge in [0.1, 0.15) is 13.2 Å². The number of hydrogen-bond acceptors (Lipinski definition) is 5. The van der Waals surface area contributed by atoms with Crippen LogP contribution in [0.2, 0.25) is 0 Å². The van der Waals surface area contributed by atoms with Gasteiger partial charge in [-0.1, -0.05) is 24.3 Å². The van der Waals surface area contributed by atoms with Crippen molar-refractivity contribution >= 4 is 22.9 Å². The number of nitrogens with zero attached hydrogens (tertiary/aromatic N) is 1. The van der Waals surface area contributed by atoms with Crippen LogP contribution >= 0.6 is 0 Å². The summed E-state index contributed by atoms with van der Waals surface area (Å²) in [6.07, 6.45) is 3.16. The Morgan fingerprint density at radius 2 is 1.77 bits per heavy atom. The van der Waals surface area contributed by atoms with Gasteiger partial charge in [0.15, 0.2) is 11.5 Å². The van der Waals surface area contributed by atoms with Crippen molar-refractivity contribution in [2.24, 2.45) is 0 Å². The number of aliphatic hydroxyl groups excluding tert-OH is 2. The lowest BCUT2D eigenvalue weighted by Crippen LogP contribution is -2.25. The lowest BCUT2D eigenvalue weighted by molar-refractivity contribution is -0.116. The van der Waals surface area contributed by atoms with Gasteiger partial charge in [0.25, 0.3) is 0 Å². The summed E-state index contributed by atoms with van der Waals surface area (Å²) < 4.78 is 13.1. The number of carbonyl (C=O) groups is 1. The van der Waals surface area contributed by atoms with Crippen LogP contribution in [0.4, 0.5) is 0 Å². The van der Waals surface area contributed by atoms with Gasteiger partial charge in [0.05, 0.1) is 13.2 Å². The molecule has 0 aliphatic heterocycles. The molecule has 0 atom stereocenters. The summed E-state index contributed by atoms with van der Waals surface area (Å²) >= 11 is 0. The van der Waals surface area contributed by atoms with Gasteiger partial charge in [-0.25, -0.2) is 0 Å². The summed E-state index contributed by atoms with van der Waals surface area (Å²) in [5.41, 5.74) is 3.07. The number of aryl methyl sites for hydroxylation is 1. The molecule has 3 aromatic rings. The number of aliphatic hydroxyl groups is 2. The molecule has 0 saturated heterocycles. The Balaban J connectivity index is 1.58. The van der Waals surface area contributed by atoms with E-state index in [-0.39, 0.29) is 32.3 Å². The van der Waals surface area contributed by atoms with E-state index in [1.54, 1.807) is 24.3 Å². The third-order valence-corrected chi connectivity index (χ3v) is 4.74. The number of fused-ring (bicyclic) bond motifs is 1. The van der Waals surface area contributed by atoms with Crippen molar-refractivity contribution in [2.45, 2.75) is 13.5 Å². The summed E-state index contributed by atoms with van der Waals surface area (Å²) in [6.45, 7) is 3.29. The minimum Gasteiger partial charge on any atom is -0.487 e. The molecule has 0 aliphatic carbocycles. The molecule has 7 heteroatoms. The number of nitrogens with one attached hydrogen (secondary N) is 1. The summed E-state index contributed by atoms with van der Waals surface area (Å²) in [7, 11) is 0. The number of carbonyl (C=O) groups excluding carboxylic acids is 1. The van der Waals surface area contributed by atoms with Crippen molar-refractivity contribution in [3.63, 3.8) is 0 Å². The van der Waals surface area contributed by atoms with Gasteiger partial charge in [-0.15, -0.1) is 0 Å². The highest BCUT2D eigenvalue weighted by molar-refractivity contribution is 5.91. The van der Waals surface area contributed by atoms with E-state index in [2.05, 4.69) is 35.0 Å². The first-order valence-electron chi connectivity index (χ1n) is 10.2. The fourth-order valence-electron chi connectivity index (χ4n) is 3.34. The molecule has 0 radical (unpaired) electrons. The predicted molar refractivity (Wildman–Crippen MR) is 120 cm³/mol. The van der Waals surface area contributed by atoms with Crippen LogP contribution in [0, 0.1) is 6.92 Å². The molecule has 0 saturated carbocycles. The molecule has 2 aromatic carbocycles. The van der Waals surface area contributed by atoms with Crippen molar-refractivity contribution in [1.82, 2.24) is 9.88 Å². The Bertz CT molecular complexity index is 1040. The van der Waals surface area contributed by atoms with E-state index in [0.29, 0.717) is 24.6 Å². The van der Waals surface area contributed by atoms with Gasteiger partial charge in [-0.05, 0) is 48.2 Å². The van der Waals surface area contributed by atoms with E-state index < -0.39 is 0 Å². The first-order chi connectivity index (χ1) is 15.1. The third-order valence-electron chi connectivity index (χ3n) is 4.74. The Hall–Kier alpha value is -3.29. The minimum atomic E-state index is -0.187. The van der Waals surface area contributed by atoms with Gasteiger partial charge in [0, 0.05) is 30.4 Å². The average Bonchev–Trinajstić information content (AvgIpc) is 3.10. The van der Waals surface area contributed by atoms with E-state index in [9.17, 15) is 4.79 Å². The molecule has 0 unspecified atom stereocenters. The van der Waals surface area contributed by atoms with Crippen LogP contribution < -0.4 is 14.8 Å². The van der Waals surface area contributed by atoms with E-state index in [1.165, 1.54) is 11.5 Å². The van der Waals surface area contributed by atoms with Crippen molar-refractivity contribution < 1.29 is 24.5 Å². The molecule has 164 valence electrons. The van der Waals surface area contributed by atoms with Gasteiger partial charge in [0.2, 0.25) is 5.91 Å².